The van der Waals surface area contributed by atoms with E-state index in [1.165, 1.54) is 18.2 Å². The zero-order valence-corrected chi connectivity index (χ0v) is 17.7. The molecule has 3 amide bonds. The van der Waals surface area contributed by atoms with E-state index in [1.807, 2.05) is 26.0 Å². The second kappa shape index (κ2) is 10.8. The van der Waals surface area contributed by atoms with Gasteiger partial charge in [-0.3, -0.25) is 40.7 Å². The van der Waals surface area contributed by atoms with E-state index in [9.17, 15) is 24.5 Å². The highest BCUT2D eigenvalue weighted by atomic mass is 32.1. The highest BCUT2D eigenvalue weighted by Crippen LogP contribution is 2.16. The second-order valence-corrected chi connectivity index (χ2v) is 7.04. The van der Waals surface area contributed by atoms with Crippen LogP contribution in [0.25, 0.3) is 0 Å². The maximum absolute atomic E-state index is 12.1. The van der Waals surface area contributed by atoms with Crippen LogP contribution in [0.5, 0.6) is 0 Å². The van der Waals surface area contributed by atoms with Gasteiger partial charge < -0.3 is 5.32 Å². The molecule has 10 nitrogen and oxygen atoms in total. The SMILES string of the molecule is Cc1ccc(NC(=O)CCC(=O)NNC(=S)NC(=O)c2cccc([N+](=O)[O-])c2)c(C)c1. The second-order valence-electron chi connectivity index (χ2n) is 6.63. The molecule has 0 aliphatic rings. The third-order valence-electron chi connectivity index (χ3n) is 4.10. The standard InChI is InChI=1S/C20H21N5O5S/c1-12-6-7-16(13(2)10-12)21-17(26)8-9-18(27)23-24-20(31)22-19(28)14-4-3-5-15(11-14)25(29)30/h3-7,10-11H,8-9H2,1-2H3,(H,21,26)(H,23,27)(H2,22,24,28,31). The fourth-order valence-corrected chi connectivity index (χ4v) is 2.69. The van der Waals surface area contributed by atoms with Gasteiger partial charge in [-0.05, 0) is 43.8 Å². The van der Waals surface area contributed by atoms with Crippen molar-refractivity contribution in [2.45, 2.75) is 26.7 Å². The summed E-state index contributed by atoms with van der Waals surface area (Å²) in [6.07, 6.45) is -0.154. The number of hydrogen-bond acceptors (Lipinski definition) is 6. The lowest BCUT2D eigenvalue weighted by Crippen LogP contribution is -2.48. The molecule has 0 saturated heterocycles. The van der Waals surface area contributed by atoms with Crippen LogP contribution in [0.2, 0.25) is 0 Å². The molecule has 2 aromatic carbocycles. The van der Waals surface area contributed by atoms with E-state index in [2.05, 4.69) is 21.5 Å². The summed E-state index contributed by atoms with van der Waals surface area (Å²) in [6, 6.07) is 10.7. The van der Waals surface area contributed by atoms with Gasteiger partial charge in [-0.2, -0.15) is 0 Å². The van der Waals surface area contributed by atoms with E-state index in [0.29, 0.717) is 5.69 Å². The molecule has 0 atom stereocenters. The predicted octanol–water partition coefficient (Wildman–Crippen LogP) is 2.27. The summed E-state index contributed by atoms with van der Waals surface area (Å²) in [4.78, 5) is 46.2. The van der Waals surface area contributed by atoms with E-state index >= 15 is 0 Å². The third-order valence-corrected chi connectivity index (χ3v) is 4.30. The van der Waals surface area contributed by atoms with Crippen LogP contribution in [0.4, 0.5) is 11.4 Å². The summed E-state index contributed by atoms with van der Waals surface area (Å²) in [5.41, 5.74) is 7.09. The van der Waals surface area contributed by atoms with Crippen molar-refractivity contribution in [3.63, 3.8) is 0 Å². The Labute approximate surface area is 183 Å². The molecule has 0 radical (unpaired) electrons. The van der Waals surface area contributed by atoms with E-state index in [4.69, 9.17) is 12.2 Å². The number of amides is 3. The number of non-ortho nitro benzene ring substituents is 1. The fourth-order valence-electron chi connectivity index (χ4n) is 2.55. The number of hydrogen-bond donors (Lipinski definition) is 4. The van der Waals surface area contributed by atoms with E-state index < -0.39 is 16.7 Å². The number of rotatable bonds is 6. The number of thiocarbonyl (C=S) groups is 1. The molecule has 0 unspecified atom stereocenters. The van der Waals surface area contributed by atoms with Crippen molar-refractivity contribution in [3.05, 3.63) is 69.3 Å². The van der Waals surface area contributed by atoms with E-state index in [0.717, 1.165) is 17.2 Å². The van der Waals surface area contributed by atoms with Crippen LogP contribution in [0.3, 0.4) is 0 Å². The maximum Gasteiger partial charge on any atom is 0.270 e. The molecule has 0 aliphatic heterocycles. The van der Waals surface area contributed by atoms with Crippen LogP contribution in [0.15, 0.2) is 42.5 Å². The average molecular weight is 443 g/mol. The van der Waals surface area contributed by atoms with Crippen molar-refractivity contribution in [2.75, 3.05) is 5.32 Å². The summed E-state index contributed by atoms with van der Waals surface area (Å²) >= 11 is 4.91. The lowest BCUT2D eigenvalue weighted by Gasteiger charge is -2.11. The molecular weight excluding hydrogens is 422 g/mol. The van der Waals surface area contributed by atoms with Crippen molar-refractivity contribution in [2.24, 2.45) is 0 Å². The van der Waals surface area contributed by atoms with Gasteiger partial charge in [0.2, 0.25) is 11.8 Å². The molecule has 4 N–H and O–H groups in total. The summed E-state index contributed by atoms with van der Waals surface area (Å²) in [6.45, 7) is 3.83. The first kappa shape index (κ1) is 23.4. The molecule has 0 aromatic heterocycles. The minimum absolute atomic E-state index is 0.0350. The topological polar surface area (TPSA) is 142 Å². The zero-order chi connectivity index (χ0) is 23.0. The van der Waals surface area contributed by atoms with Gasteiger partial charge in [0.25, 0.3) is 11.6 Å². The Morgan fingerprint density at radius 3 is 2.39 bits per heavy atom. The molecule has 2 rings (SSSR count). The Bertz CT molecular complexity index is 1040. The molecule has 31 heavy (non-hydrogen) atoms. The minimum atomic E-state index is -0.678. The zero-order valence-electron chi connectivity index (χ0n) is 16.9. The number of aryl methyl sites for hydroxylation is 2. The number of anilines is 1. The third kappa shape index (κ3) is 7.48. The summed E-state index contributed by atoms with van der Waals surface area (Å²) in [5, 5.41) is 15.6. The van der Waals surface area contributed by atoms with Gasteiger partial charge in [-0.1, -0.05) is 23.8 Å². The largest absolute Gasteiger partial charge is 0.326 e. The first-order chi connectivity index (χ1) is 14.7. The van der Waals surface area contributed by atoms with Crippen LogP contribution in [0.1, 0.15) is 34.3 Å². The monoisotopic (exact) mass is 443 g/mol. The van der Waals surface area contributed by atoms with Crippen molar-refractivity contribution in [3.8, 4) is 0 Å². The lowest BCUT2D eigenvalue weighted by atomic mass is 10.1. The Morgan fingerprint density at radius 1 is 1.00 bits per heavy atom. The van der Waals surface area contributed by atoms with Crippen LogP contribution >= 0.6 is 12.2 Å². The Kier molecular flexibility index (Phi) is 8.15. The average Bonchev–Trinajstić information content (AvgIpc) is 2.72. The van der Waals surface area contributed by atoms with Crippen LogP contribution in [-0.2, 0) is 9.59 Å². The maximum atomic E-state index is 12.1. The van der Waals surface area contributed by atoms with Gasteiger partial charge >= 0.3 is 0 Å². The van der Waals surface area contributed by atoms with Gasteiger partial charge in [0.1, 0.15) is 0 Å². The van der Waals surface area contributed by atoms with E-state index in [1.54, 1.807) is 6.07 Å². The lowest BCUT2D eigenvalue weighted by molar-refractivity contribution is -0.384. The van der Waals surface area contributed by atoms with Crippen molar-refractivity contribution in [1.82, 2.24) is 16.2 Å². The highest BCUT2D eigenvalue weighted by molar-refractivity contribution is 7.80. The number of carbonyl (C=O) groups excluding carboxylic acids is 3. The number of carbonyl (C=O) groups is 3. The summed E-state index contributed by atoms with van der Waals surface area (Å²) < 4.78 is 0. The Hall–Kier alpha value is -3.86. The Morgan fingerprint density at radius 2 is 1.71 bits per heavy atom. The molecule has 0 saturated carbocycles. The number of nitrogens with one attached hydrogen (secondary N) is 4. The van der Waals surface area contributed by atoms with Crippen molar-refractivity contribution in [1.29, 1.82) is 0 Å². The summed E-state index contributed by atoms with van der Waals surface area (Å²) in [7, 11) is 0. The molecule has 0 heterocycles. The van der Waals surface area contributed by atoms with Crippen molar-refractivity contribution < 1.29 is 19.3 Å². The van der Waals surface area contributed by atoms with Crippen LogP contribution in [-0.4, -0.2) is 27.8 Å². The van der Waals surface area contributed by atoms with Gasteiger partial charge in [0.15, 0.2) is 5.11 Å². The summed E-state index contributed by atoms with van der Waals surface area (Å²) in [5.74, 6) is -1.50. The van der Waals surface area contributed by atoms with Crippen LogP contribution in [0, 0.1) is 24.0 Å². The predicted molar refractivity (Wildman–Crippen MR) is 118 cm³/mol. The molecule has 11 heteroatoms. The number of benzene rings is 2. The van der Waals surface area contributed by atoms with Crippen LogP contribution < -0.4 is 21.5 Å². The first-order valence-corrected chi connectivity index (χ1v) is 9.58. The van der Waals surface area contributed by atoms with Gasteiger partial charge in [0, 0.05) is 36.2 Å². The van der Waals surface area contributed by atoms with Crippen molar-refractivity contribution >= 4 is 46.4 Å². The minimum Gasteiger partial charge on any atom is -0.326 e. The molecule has 162 valence electrons. The highest BCUT2D eigenvalue weighted by Gasteiger charge is 2.13. The Balaban J connectivity index is 1.74. The smallest absolute Gasteiger partial charge is 0.270 e. The molecule has 0 fully saturated rings. The molecular formula is C20H21N5O5S. The fraction of sp³-hybridized carbons (Fsp3) is 0.200. The van der Waals surface area contributed by atoms with E-state index in [-0.39, 0.29) is 35.1 Å². The number of nitro benzene ring substituents is 1. The molecule has 0 aliphatic carbocycles. The molecule has 0 bridgehead atoms. The van der Waals surface area contributed by atoms with Gasteiger partial charge in [0.05, 0.1) is 4.92 Å². The first-order valence-electron chi connectivity index (χ1n) is 9.17. The van der Waals surface area contributed by atoms with Gasteiger partial charge in [-0.15, -0.1) is 0 Å². The number of hydrazine groups is 1. The molecule has 0 spiro atoms. The number of nitrogens with zero attached hydrogens (tertiary/aromatic N) is 1. The quantitative estimate of drug-likeness (QED) is 0.305. The normalized spacial score (nSPS) is 10.0. The molecule has 2 aromatic rings. The number of nitro groups is 1. The van der Waals surface area contributed by atoms with Gasteiger partial charge in [-0.25, -0.2) is 0 Å².